The summed E-state index contributed by atoms with van der Waals surface area (Å²) >= 11 is 0. The van der Waals surface area contributed by atoms with E-state index in [0.29, 0.717) is 29.8 Å². The minimum Gasteiger partial charge on any atom is -0.349 e. The molecule has 2 aromatic carbocycles. The van der Waals surface area contributed by atoms with Crippen LogP contribution in [-0.2, 0) is 27.7 Å². The van der Waals surface area contributed by atoms with Crippen LogP contribution >= 0.6 is 0 Å². The fraction of sp³-hybridized carbons (Fsp3) is 0.333. The molecule has 1 atom stereocenters. The lowest BCUT2D eigenvalue weighted by Crippen LogP contribution is -2.34. The molecular weight excluding hydrogens is 390 g/mol. The van der Waals surface area contributed by atoms with E-state index in [4.69, 9.17) is 0 Å². The van der Waals surface area contributed by atoms with Crippen molar-refractivity contribution in [1.82, 2.24) is 4.90 Å². The van der Waals surface area contributed by atoms with Crippen LogP contribution in [0.3, 0.4) is 0 Å². The van der Waals surface area contributed by atoms with Crippen LogP contribution in [0.1, 0.15) is 28.4 Å². The molecule has 1 aliphatic rings. The first kappa shape index (κ1) is 20.9. The third kappa shape index (κ3) is 4.59. The molecular formula is C21H25N3O4S. The Morgan fingerprint density at radius 2 is 1.79 bits per heavy atom. The molecule has 0 saturated carbocycles. The molecule has 0 aliphatic carbocycles. The number of amides is 2. The fourth-order valence-electron chi connectivity index (χ4n) is 3.49. The van der Waals surface area contributed by atoms with Crippen LogP contribution < -0.4 is 9.62 Å². The molecule has 1 N–H and O–H groups in total. The van der Waals surface area contributed by atoms with Crippen LogP contribution in [0.4, 0.5) is 11.4 Å². The lowest BCUT2D eigenvalue weighted by atomic mass is 10.1. The Labute approximate surface area is 171 Å². The van der Waals surface area contributed by atoms with Gasteiger partial charge in [-0.15, -0.1) is 0 Å². The van der Waals surface area contributed by atoms with Crippen molar-refractivity contribution in [2.75, 3.05) is 30.0 Å². The molecule has 8 heteroatoms. The fourth-order valence-corrected chi connectivity index (χ4v) is 4.75. The molecule has 1 heterocycles. The van der Waals surface area contributed by atoms with Gasteiger partial charge >= 0.3 is 0 Å². The number of fused-ring (bicyclic) bond motifs is 1. The quantitative estimate of drug-likeness (QED) is 0.812. The molecule has 3 rings (SSSR count). The normalized spacial score (nSPS) is 15.7. The van der Waals surface area contributed by atoms with Gasteiger partial charge in [0.05, 0.1) is 18.4 Å². The number of nitrogens with one attached hydrogen (secondary N) is 1. The topological polar surface area (TPSA) is 86.8 Å². The van der Waals surface area contributed by atoms with Crippen LogP contribution in [0.5, 0.6) is 0 Å². The summed E-state index contributed by atoms with van der Waals surface area (Å²) < 4.78 is 25.4. The largest absolute Gasteiger partial charge is 0.349 e. The van der Waals surface area contributed by atoms with Crippen LogP contribution in [0.25, 0.3) is 0 Å². The van der Waals surface area contributed by atoms with E-state index in [1.807, 2.05) is 19.1 Å². The zero-order chi connectivity index (χ0) is 21.3. The van der Waals surface area contributed by atoms with Crippen molar-refractivity contribution in [2.45, 2.75) is 25.8 Å². The molecule has 0 bridgehead atoms. The van der Waals surface area contributed by atoms with Crippen molar-refractivity contribution in [3.8, 4) is 0 Å². The third-order valence-corrected chi connectivity index (χ3v) is 6.19. The molecule has 0 radical (unpaired) electrons. The number of rotatable bonds is 5. The summed E-state index contributed by atoms with van der Waals surface area (Å²) in [6, 6.07) is 12.0. The molecule has 7 nitrogen and oxygen atoms in total. The lowest BCUT2D eigenvalue weighted by Gasteiger charge is -2.21. The highest BCUT2D eigenvalue weighted by Crippen LogP contribution is 2.34. The van der Waals surface area contributed by atoms with Gasteiger partial charge in [-0.05, 0) is 54.8 Å². The number of hydrogen-bond acceptors (Lipinski definition) is 4. The predicted octanol–water partition coefficient (Wildman–Crippen LogP) is 2.28. The monoisotopic (exact) mass is 415 g/mol. The maximum Gasteiger partial charge on any atom is 0.255 e. The van der Waals surface area contributed by atoms with E-state index in [-0.39, 0.29) is 17.9 Å². The standard InChI is InChI=1S/C21H25N3O4S/c1-14-11-17-13-16(7-10-19(17)24(14)29(4,27)28)21(26)22-18-8-5-15(6-9-18)12-20(25)23(2)3/h5-10,13-14H,11-12H2,1-4H3,(H,22,26)/t14-/m0/s1. The molecule has 2 aromatic rings. The van der Waals surface area contributed by atoms with Crippen molar-refractivity contribution < 1.29 is 18.0 Å². The first-order valence-electron chi connectivity index (χ1n) is 9.29. The van der Waals surface area contributed by atoms with Crippen molar-refractivity contribution in [1.29, 1.82) is 0 Å². The minimum absolute atomic E-state index is 0.0114. The zero-order valence-electron chi connectivity index (χ0n) is 17.0. The SMILES string of the molecule is C[C@H]1Cc2cc(C(=O)Nc3ccc(CC(=O)N(C)C)cc3)ccc2N1S(C)(=O)=O. The van der Waals surface area contributed by atoms with Gasteiger partial charge in [0.25, 0.3) is 5.91 Å². The number of sulfonamides is 1. The highest BCUT2D eigenvalue weighted by Gasteiger charge is 2.32. The average molecular weight is 416 g/mol. The molecule has 1 aliphatic heterocycles. The molecule has 0 saturated heterocycles. The number of carbonyl (C=O) groups excluding carboxylic acids is 2. The molecule has 154 valence electrons. The predicted molar refractivity (Wildman–Crippen MR) is 114 cm³/mol. The molecule has 0 fully saturated rings. The number of benzene rings is 2. The average Bonchev–Trinajstić information content (AvgIpc) is 2.98. The van der Waals surface area contributed by atoms with Crippen LogP contribution in [-0.4, -0.2) is 51.5 Å². The first-order chi connectivity index (χ1) is 13.6. The van der Waals surface area contributed by atoms with E-state index in [1.165, 1.54) is 15.5 Å². The van der Waals surface area contributed by atoms with E-state index in [0.717, 1.165) is 11.1 Å². The second kappa shape index (κ2) is 7.87. The summed E-state index contributed by atoms with van der Waals surface area (Å²) in [6.07, 6.45) is 2.06. The lowest BCUT2D eigenvalue weighted by molar-refractivity contribution is -0.127. The van der Waals surface area contributed by atoms with E-state index in [9.17, 15) is 18.0 Å². The second-order valence-electron chi connectivity index (χ2n) is 7.57. The van der Waals surface area contributed by atoms with Gasteiger partial charge in [-0.25, -0.2) is 8.42 Å². The summed E-state index contributed by atoms with van der Waals surface area (Å²) in [7, 11) is 0.0642. The molecule has 29 heavy (non-hydrogen) atoms. The Morgan fingerprint density at radius 3 is 2.38 bits per heavy atom. The molecule has 0 aromatic heterocycles. The smallest absolute Gasteiger partial charge is 0.255 e. The van der Waals surface area contributed by atoms with E-state index >= 15 is 0 Å². The van der Waals surface area contributed by atoms with Crippen molar-refractivity contribution in [3.63, 3.8) is 0 Å². The van der Waals surface area contributed by atoms with Gasteiger partial charge < -0.3 is 10.2 Å². The highest BCUT2D eigenvalue weighted by molar-refractivity contribution is 7.92. The van der Waals surface area contributed by atoms with Gasteiger partial charge in [0, 0.05) is 31.4 Å². The Hall–Kier alpha value is -2.87. The molecule has 0 unspecified atom stereocenters. The third-order valence-electron chi connectivity index (χ3n) is 4.92. The molecule has 0 spiro atoms. The van der Waals surface area contributed by atoms with Crippen molar-refractivity contribution in [3.05, 3.63) is 59.2 Å². The number of carbonyl (C=O) groups is 2. The Morgan fingerprint density at radius 1 is 1.14 bits per heavy atom. The van der Waals surface area contributed by atoms with Gasteiger partial charge in [-0.3, -0.25) is 13.9 Å². The maximum atomic E-state index is 12.6. The summed E-state index contributed by atoms with van der Waals surface area (Å²) in [4.78, 5) is 25.9. The second-order valence-corrected chi connectivity index (χ2v) is 9.43. The summed E-state index contributed by atoms with van der Waals surface area (Å²) in [5.74, 6) is -0.257. The van der Waals surface area contributed by atoms with Gasteiger partial charge in [-0.2, -0.15) is 0 Å². The van der Waals surface area contributed by atoms with Crippen LogP contribution in [0, 0.1) is 0 Å². The number of hydrogen-bond donors (Lipinski definition) is 1. The maximum absolute atomic E-state index is 12.6. The number of nitrogens with zero attached hydrogens (tertiary/aromatic N) is 2. The van der Waals surface area contributed by atoms with Gasteiger partial charge in [0.1, 0.15) is 0 Å². The van der Waals surface area contributed by atoms with Gasteiger partial charge in [0.2, 0.25) is 15.9 Å². The molecule has 2 amide bonds. The Kier molecular flexibility index (Phi) is 5.66. The van der Waals surface area contributed by atoms with Crippen molar-refractivity contribution in [2.24, 2.45) is 0 Å². The van der Waals surface area contributed by atoms with Crippen LogP contribution in [0.2, 0.25) is 0 Å². The zero-order valence-corrected chi connectivity index (χ0v) is 17.8. The van der Waals surface area contributed by atoms with E-state index in [1.54, 1.807) is 44.4 Å². The summed E-state index contributed by atoms with van der Waals surface area (Å²) in [5, 5.41) is 2.84. The minimum atomic E-state index is -3.36. The number of anilines is 2. The van der Waals surface area contributed by atoms with Crippen LogP contribution in [0.15, 0.2) is 42.5 Å². The van der Waals surface area contributed by atoms with E-state index in [2.05, 4.69) is 5.32 Å². The van der Waals surface area contributed by atoms with Gasteiger partial charge in [-0.1, -0.05) is 12.1 Å². The van der Waals surface area contributed by atoms with E-state index < -0.39 is 10.0 Å². The number of likely N-dealkylation sites (N-methyl/N-ethyl adjacent to an activating group) is 1. The Balaban J connectivity index is 1.72. The summed E-state index contributed by atoms with van der Waals surface area (Å²) in [6.45, 7) is 1.85. The highest BCUT2D eigenvalue weighted by atomic mass is 32.2. The van der Waals surface area contributed by atoms with Crippen molar-refractivity contribution >= 4 is 33.2 Å². The Bertz CT molecular complexity index is 1050. The summed E-state index contributed by atoms with van der Waals surface area (Å²) in [5.41, 5.74) is 3.44. The first-order valence-corrected chi connectivity index (χ1v) is 11.1. The van der Waals surface area contributed by atoms with Gasteiger partial charge in [0.15, 0.2) is 0 Å².